The van der Waals surface area contributed by atoms with E-state index >= 15 is 0 Å². The zero-order valence-electron chi connectivity index (χ0n) is 8.90. The SMILES string of the molecule is CC(C)c1ccc(/C=C/C(=O)O)cc1N. The Balaban J connectivity index is 2.96. The van der Waals surface area contributed by atoms with Crippen molar-refractivity contribution < 1.29 is 9.90 Å². The first kappa shape index (κ1) is 11.3. The summed E-state index contributed by atoms with van der Waals surface area (Å²) in [4.78, 5) is 10.3. The molecule has 0 amide bonds. The Morgan fingerprint density at radius 3 is 2.60 bits per heavy atom. The van der Waals surface area contributed by atoms with Gasteiger partial charge in [0.25, 0.3) is 0 Å². The van der Waals surface area contributed by atoms with E-state index in [1.165, 1.54) is 6.08 Å². The Bertz CT molecular complexity index is 395. The maximum atomic E-state index is 10.3. The van der Waals surface area contributed by atoms with Crippen LogP contribution in [0.15, 0.2) is 24.3 Å². The van der Waals surface area contributed by atoms with Crippen molar-refractivity contribution in [1.29, 1.82) is 0 Å². The van der Waals surface area contributed by atoms with Crippen molar-refractivity contribution in [3.63, 3.8) is 0 Å². The fraction of sp³-hybridized carbons (Fsp3) is 0.250. The molecule has 3 N–H and O–H groups in total. The third kappa shape index (κ3) is 3.13. The van der Waals surface area contributed by atoms with Crippen LogP contribution in [0, 0.1) is 0 Å². The highest BCUT2D eigenvalue weighted by molar-refractivity contribution is 5.85. The first-order chi connectivity index (χ1) is 7.00. The van der Waals surface area contributed by atoms with E-state index in [2.05, 4.69) is 13.8 Å². The van der Waals surface area contributed by atoms with E-state index in [0.717, 1.165) is 17.2 Å². The summed E-state index contributed by atoms with van der Waals surface area (Å²) in [6, 6.07) is 5.58. The van der Waals surface area contributed by atoms with Crippen LogP contribution in [0.3, 0.4) is 0 Å². The zero-order valence-corrected chi connectivity index (χ0v) is 8.90. The normalized spacial score (nSPS) is 11.1. The summed E-state index contributed by atoms with van der Waals surface area (Å²) in [6.07, 6.45) is 2.63. The van der Waals surface area contributed by atoms with Gasteiger partial charge in [-0.3, -0.25) is 0 Å². The van der Waals surface area contributed by atoms with Gasteiger partial charge in [-0.25, -0.2) is 4.79 Å². The molecule has 0 aliphatic rings. The van der Waals surface area contributed by atoms with Crippen molar-refractivity contribution in [1.82, 2.24) is 0 Å². The molecule has 0 spiro atoms. The van der Waals surface area contributed by atoms with E-state index in [9.17, 15) is 4.79 Å². The molecule has 1 aromatic carbocycles. The van der Waals surface area contributed by atoms with E-state index in [1.54, 1.807) is 6.07 Å². The average Bonchev–Trinajstić information content (AvgIpc) is 2.14. The molecule has 1 rings (SSSR count). The van der Waals surface area contributed by atoms with Crippen molar-refractivity contribution in [3.05, 3.63) is 35.4 Å². The molecule has 0 bridgehead atoms. The molecule has 15 heavy (non-hydrogen) atoms. The second-order valence-electron chi connectivity index (χ2n) is 3.71. The summed E-state index contributed by atoms with van der Waals surface area (Å²) >= 11 is 0. The summed E-state index contributed by atoms with van der Waals surface area (Å²) in [6.45, 7) is 4.14. The number of anilines is 1. The highest BCUT2D eigenvalue weighted by atomic mass is 16.4. The molecule has 80 valence electrons. The molecule has 0 aromatic heterocycles. The van der Waals surface area contributed by atoms with Gasteiger partial charge < -0.3 is 10.8 Å². The Morgan fingerprint density at radius 2 is 2.13 bits per heavy atom. The van der Waals surface area contributed by atoms with Crippen LogP contribution in [0.5, 0.6) is 0 Å². The molecule has 0 fully saturated rings. The Hall–Kier alpha value is -1.77. The average molecular weight is 205 g/mol. The van der Waals surface area contributed by atoms with Gasteiger partial charge in [0.2, 0.25) is 0 Å². The number of hydrogen-bond donors (Lipinski definition) is 2. The minimum atomic E-state index is -0.957. The fourth-order valence-electron chi connectivity index (χ4n) is 1.39. The first-order valence-corrected chi connectivity index (χ1v) is 4.81. The lowest BCUT2D eigenvalue weighted by Crippen LogP contribution is -1.96. The van der Waals surface area contributed by atoms with Gasteiger partial charge >= 0.3 is 5.97 Å². The van der Waals surface area contributed by atoms with Crippen LogP contribution in [0.1, 0.15) is 30.9 Å². The molecule has 0 saturated heterocycles. The standard InChI is InChI=1S/C12H15NO2/c1-8(2)10-5-3-9(7-11(10)13)4-6-12(14)15/h3-8H,13H2,1-2H3,(H,14,15)/b6-4+. The van der Waals surface area contributed by atoms with Crippen LogP contribution in [0.4, 0.5) is 5.69 Å². The van der Waals surface area contributed by atoms with Gasteiger partial charge in [-0.15, -0.1) is 0 Å². The second kappa shape index (κ2) is 4.64. The van der Waals surface area contributed by atoms with Gasteiger partial charge in [0.15, 0.2) is 0 Å². The zero-order chi connectivity index (χ0) is 11.4. The lowest BCUT2D eigenvalue weighted by molar-refractivity contribution is -0.131. The smallest absolute Gasteiger partial charge is 0.328 e. The van der Waals surface area contributed by atoms with Crippen molar-refractivity contribution >= 4 is 17.7 Å². The molecule has 3 nitrogen and oxygen atoms in total. The molecular weight excluding hydrogens is 190 g/mol. The van der Waals surface area contributed by atoms with Crippen LogP contribution in [-0.2, 0) is 4.79 Å². The monoisotopic (exact) mass is 205 g/mol. The van der Waals surface area contributed by atoms with Gasteiger partial charge in [0, 0.05) is 11.8 Å². The topological polar surface area (TPSA) is 63.3 Å². The predicted molar refractivity (Wildman–Crippen MR) is 61.6 cm³/mol. The van der Waals surface area contributed by atoms with Crippen LogP contribution in [0.2, 0.25) is 0 Å². The molecule has 0 heterocycles. The third-order valence-corrected chi connectivity index (χ3v) is 2.15. The Kier molecular flexibility index (Phi) is 3.50. The molecule has 0 atom stereocenters. The number of carboxylic acids is 1. The molecule has 0 aliphatic heterocycles. The number of hydrogen-bond acceptors (Lipinski definition) is 2. The number of carboxylic acid groups (broad SMARTS) is 1. The summed E-state index contributed by atoms with van der Waals surface area (Å²) in [5.74, 6) is -0.580. The van der Waals surface area contributed by atoms with Crippen LogP contribution in [0.25, 0.3) is 6.08 Å². The largest absolute Gasteiger partial charge is 0.478 e. The molecule has 3 heteroatoms. The molecule has 0 saturated carbocycles. The maximum Gasteiger partial charge on any atom is 0.328 e. The molecule has 0 aliphatic carbocycles. The third-order valence-electron chi connectivity index (χ3n) is 2.15. The van der Waals surface area contributed by atoms with Crippen molar-refractivity contribution in [3.8, 4) is 0 Å². The van der Waals surface area contributed by atoms with Gasteiger partial charge in [0.1, 0.15) is 0 Å². The lowest BCUT2D eigenvalue weighted by Gasteiger charge is -2.09. The van der Waals surface area contributed by atoms with Crippen molar-refractivity contribution in [2.45, 2.75) is 19.8 Å². The van der Waals surface area contributed by atoms with E-state index < -0.39 is 5.97 Å². The highest BCUT2D eigenvalue weighted by Crippen LogP contribution is 2.23. The van der Waals surface area contributed by atoms with Crippen molar-refractivity contribution in [2.75, 3.05) is 5.73 Å². The number of carbonyl (C=O) groups is 1. The van der Waals surface area contributed by atoms with E-state index in [-0.39, 0.29) is 0 Å². The quantitative estimate of drug-likeness (QED) is 0.588. The van der Waals surface area contributed by atoms with Crippen molar-refractivity contribution in [2.24, 2.45) is 0 Å². The highest BCUT2D eigenvalue weighted by Gasteiger charge is 2.03. The summed E-state index contributed by atoms with van der Waals surface area (Å²) in [5.41, 5.74) is 8.44. The number of nitrogens with two attached hydrogens (primary N) is 1. The van der Waals surface area contributed by atoms with E-state index in [0.29, 0.717) is 11.6 Å². The molecule has 0 radical (unpaired) electrons. The molecule has 0 unspecified atom stereocenters. The minimum absolute atomic E-state index is 0.377. The summed E-state index contributed by atoms with van der Waals surface area (Å²) in [5, 5.41) is 8.47. The van der Waals surface area contributed by atoms with Gasteiger partial charge in [-0.2, -0.15) is 0 Å². The fourth-order valence-corrected chi connectivity index (χ4v) is 1.39. The number of benzene rings is 1. The summed E-state index contributed by atoms with van der Waals surface area (Å²) in [7, 11) is 0. The van der Waals surface area contributed by atoms with Gasteiger partial charge in [0.05, 0.1) is 0 Å². The van der Waals surface area contributed by atoms with E-state index in [1.807, 2.05) is 12.1 Å². The number of aliphatic carboxylic acids is 1. The minimum Gasteiger partial charge on any atom is -0.478 e. The van der Waals surface area contributed by atoms with Gasteiger partial charge in [-0.05, 0) is 29.2 Å². The second-order valence-corrected chi connectivity index (χ2v) is 3.71. The van der Waals surface area contributed by atoms with Crippen LogP contribution < -0.4 is 5.73 Å². The molecular formula is C12H15NO2. The van der Waals surface area contributed by atoms with E-state index in [4.69, 9.17) is 10.8 Å². The molecule has 1 aromatic rings. The van der Waals surface area contributed by atoms with Gasteiger partial charge in [-0.1, -0.05) is 26.0 Å². The Labute approximate surface area is 89.2 Å². The lowest BCUT2D eigenvalue weighted by atomic mass is 9.99. The van der Waals surface area contributed by atoms with Crippen LogP contribution >= 0.6 is 0 Å². The number of nitrogen functional groups attached to an aromatic ring is 1. The van der Waals surface area contributed by atoms with Crippen LogP contribution in [-0.4, -0.2) is 11.1 Å². The predicted octanol–water partition coefficient (Wildman–Crippen LogP) is 2.49. The maximum absolute atomic E-state index is 10.3. The first-order valence-electron chi connectivity index (χ1n) is 4.81. The Morgan fingerprint density at radius 1 is 1.47 bits per heavy atom. The number of rotatable bonds is 3. The summed E-state index contributed by atoms with van der Waals surface area (Å²) < 4.78 is 0.